The Morgan fingerprint density at radius 2 is 1.62 bits per heavy atom. The van der Waals surface area contributed by atoms with Crippen LogP contribution < -0.4 is 10.1 Å². The van der Waals surface area contributed by atoms with Crippen LogP contribution in [0, 0.1) is 20.8 Å². The molecule has 2 nitrogen and oxygen atoms in total. The van der Waals surface area contributed by atoms with E-state index in [1.165, 1.54) is 33.4 Å². The molecular formula is C19H25NO. The minimum Gasteiger partial charge on any atom is -0.496 e. The first-order chi connectivity index (χ1) is 10.1. The van der Waals surface area contributed by atoms with E-state index < -0.39 is 0 Å². The number of aryl methyl sites for hydroxylation is 3. The van der Waals surface area contributed by atoms with Gasteiger partial charge in [-0.3, -0.25) is 0 Å². The van der Waals surface area contributed by atoms with Gasteiger partial charge in [0.25, 0.3) is 0 Å². The molecule has 0 aromatic heterocycles. The van der Waals surface area contributed by atoms with Gasteiger partial charge in [-0.25, -0.2) is 0 Å². The van der Waals surface area contributed by atoms with Gasteiger partial charge < -0.3 is 10.1 Å². The van der Waals surface area contributed by atoms with Crippen LogP contribution in [0.3, 0.4) is 0 Å². The van der Waals surface area contributed by atoms with Crippen LogP contribution in [0.5, 0.6) is 5.75 Å². The van der Waals surface area contributed by atoms with Crippen molar-refractivity contribution < 1.29 is 4.74 Å². The molecule has 0 spiro atoms. The van der Waals surface area contributed by atoms with E-state index in [0.29, 0.717) is 0 Å². The molecule has 0 aliphatic rings. The molecule has 2 aromatic carbocycles. The lowest BCUT2D eigenvalue weighted by Crippen LogP contribution is -2.11. The first-order valence-electron chi connectivity index (χ1n) is 7.52. The molecule has 1 N–H and O–H groups in total. The number of benzene rings is 2. The first kappa shape index (κ1) is 15.6. The van der Waals surface area contributed by atoms with E-state index in [4.69, 9.17) is 4.74 Å². The SMILES string of the molecule is CCNCc1ccc(-c2cc(C)c(OC)c(C)c2)c(C)c1. The van der Waals surface area contributed by atoms with Crippen molar-refractivity contribution in [1.82, 2.24) is 5.32 Å². The number of hydrogen-bond acceptors (Lipinski definition) is 2. The quantitative estimate of drug-likeness (QED) is 0.878. The average Bonchev–Trinajstić information content (AvgIpc) is 2.44. The molecule has 0 aliphatic carbocycles. The summed E-state index contributed by atoms with van der Waals surface area (Å²) in [5, 5.41) is 3.37. The monoisotopic (exact) mass is 283 g/mol. The molecule has 21 heavy (non-hydrogen) atoms. The fraction of sp³-hybridized carbons (Fsp3) is 0.368. The Bertz CT molecular complexity index is 608. The number of rotatable bonds is 5. The molecule has 0 saturated carbocycles. The Morgan fingerprint density at radius 3 is 2.14 bits per heavy atom. The van der Waals surface area contributed by atoms with Crippen molar-refractivity contribution in [1.29, 1.82) is 0 Å². The zero-order chi connectivity index (χ0) is 15.4. The van der Waals surface area contributed by atoms with Crippen molar-refractivity contribution in [2.75, 3.05) is 13.7 Å². The molecule has 2 rings (SSSR count). The molecule has 0 amide bonds. The van der Waals surface area contributed by atoms with Crippen molar-refractivity contribution in [3.05, 3.63) is 52.6 Å². The minimum atomic E-state index is 0.929. The second-order valence-electron chi connectivity index (χ2n) is 5.57. The molecule has 2 aromatic rings. The lowest BCUT2D eigenvalue weighted by Gasteiger charge is -2.14. The van der Waals surface area contributed by atoms with E-state index in [0.717, 1.165) is 18.8 Å². The molecule has 0 atom stereocenters. The highest BCUT2D eigenvalue weighted by Crippen LogP contribution is 2.31. The zero-order valence-electron chi connectivity index (χ0n) is 13.7. The predicted molar refractivity (Wildman–Crippen MR) is 90.0 cm³/mol. The summed E-state index contributed by atoms with van der Waals surface area (Å²) in [6.07, 6.45) is 0. The minimum absolute atomic E-state index is 0.929. The highest BCUT2D eigenvalue weighted by atomic mass is 16.5. The van der Waals surface area contributed by atoms with Gasteiger partial charge in [0.2, 0.25) is 0 Å². The maximum absolute atomic E-state index is 5.45. The molecule has 0 fully saturated rings. The molecule has 112 valence electrons. The van der Waals surface area contributed by atoms with Gasteiger partial charge in [0.15, 0.2) is 0 Å². The molecular weight excluding hydrogens is 258 g/mol. The van der Waals surface area contributed by atoms with Crippen LogP contribution in [0.1, 0.15) is 29.2 Å². The summed E-state index contributed by atoms with van der Waals surface area (Å²) in [7, 11) is 1.73. The van der Waals surface area contributed by atoms with Crippen LogP contribution in [0.15, 0.2) is 30.3 Å². The van der Waals surface area contributed by atoms with Crippen LogP contribution in [0.2, 0.25) is 0 Å². The molecule has 0 radical (unpaired) electrons. The smallest absolute Gasteiger partial charge is 0.124 e. The third-order valence-corrected chi connectivity index (χ3v) is 3.85. The standard InChI is InChI=1S/C19H25NO/c1-6-20-12-16-7-8-18(13(2)9-16)17-10-14(3)19(21-5)15(4)11-17/h7-11,20H,6,12H2,1-5H3. The molecule has 0 unspecified atom stereocenters. The topological polar surface area (TPSA) is 21.3 Å². The number of hydrogen-bond donors (Lipinski definition) is 1. The van der Waals surface area contributed by atoms with Crippen molar-refractivity contribution in [3.63, 3.8) is 0 Å². The summed E-state index contributed by atoms with van der Waals surface area (Å²) >= 11 is 0. The van der Waals surface area contributed by atoms with Gasteiger partial charge in [-0.05, 0) is 72.8 Å². The predicted octanol–water partition coefficient (Wildman–Crippen LogP) is 4.40. The summed E-state index contributed by atoms with van der Waals surface area (Å²) in [6.45, 7) is 10.4. The van der Waals surface area contributed by atoms with Gasteiger partial charge in [-0.1, -0.05) is 25.1 Å². The van der Waals surface area contributed by atoms with E-state index in [1.807, 2.05) is 0 Å². The van der Waals surface area contributed by atoms with Gasteiger partial charge in [0.05, 0.1) is 7.11 Å². The maximum Gasteiger partial charge on any atom is 0.124 e. The van der Waals surface area contributed by atoms with E-state index in [2.05, 4.69) is 63.3 Å². The highest BCUT2D eigenvalue weighted by molar-refractivity contribution is 5.70. The van der Waals surface area contributed by atoms with Crippen molar-refractivity contribution in [2.45, 2.75) is 34.2 Å². The lowest BCUT2D eigenvalue weighted by molar-refractivity contribution is 0.408. The Kier molecular flexibility index (Phi) is 5.03. The molecule has 0 saturated heterocycles. The van der Waals surface area contributed by atoms with Crippen molar-refractivity contribution in [3.8, 4) is 16.9 Å². The number of ether oxygens (including phenoxy) is 1. The van der Waals surface area contributed by atoms with E-state index in [9.17, 15) is 0 Å². The van der Waals surface area contributed by atoms with Gasteiger partial charge in [0, 0.05) is 6.54 Å². The highest BCUT2D eigenvalue weighted by Gasteiger charge is 2.09. The fourth-order valence-electron chi connectivity index (χ4n) is 2.86. The Morgan fingerprint density at radius 1 is 0.952 bits per heavy atom. The van der Waals surface area contributed by atoms with Gasteiger partial charge in [0.1, 0.15) is 5.75 Å². The Hall–Kier alpha value is -1.80. The van der Waals surface area contributed by atoms with E-state index in [-0.39, 0.29) is 0 Å². The zero-order valence-corrected chi connectivity index (χ0v) is 13.7. The van der Waals surface area contributed by atoms with Crippen LogP contribution in [0.25, 0.3) is 11.1 Å². The Balaban J connectivity index is 2.38. The van der Waals surface area contributed by atoms with Crippen molar-refractivity contribution >= 4 is 0 Å². The molecule has 0 bridgehead atoms. The summed E-state index contributed by atoms with van der Waals surface area (Å²) in [4.78, 5) is 0. The number of methoxy groups -OCH3 is 1. The van der Waals surface area contributed by atoms with Crippen LogP contribution >= 0.6 is 0 Å². The van der Waals surface area contributed by atoms with E-state index >= 15 is 0 Å². The first-order valence-corrected chi connectivity index (χ1v) is 7.52. The average molecular weight is 283 g/mol. The van der Waals surface area contributed by atoms with E-state index in [1.54, 1.807) is 7.11 Å². The summed E-state index contributed by atoms with van der Waals surface area (Å²) in [5.74, 6) is 0.986. The maximum atomic E-state index is 5.45. The second kappa shape index (κ2) is 6.77. The van der Waals surface area contributed by atoms with Gasteiger partial charge in [-0.2, -0.15) is 0 Å². The normalized spacial score (nSPS) is 10.7. The summed E-state index contributed by atoms with van der Waals surface area (Å²) in [5.41, 5.74) is 7.57. The third-order valence-electron chi connectivity index (χ3n) is 3.85. The Labute approximate surface area is 128 Å². The fourth-order valence-corrected chi connectivity index (χ4v) is 2.86. The summed E-state index contributed by atoms with van der Waals surface area (Å²) < 4.78 is 5.45. The van der Waals surface area contributed by atoms with Crippen LogP contribution in [-0.2, 0) is 6.54 Å². The molecule has 2 heteroatoms. The van der Waals surface area contributed by atoms with Crippen LogP contribution in [-0.4, -0.2) is 13.7 Å². The third kappa shape index (κ3) is 3.45. The summed E-state index contributed by atoms with van der Waals surface area (Å²) in [6, 6.07) is 11.1. The van der Waals surface area contributed by atoms with Gasteiger partial charge in [-0.15, -0.1) is 0 Å². The van der Waals surface area contributed by atoms with Crippen molar-refractivity contribution in [2.24, 2.45) is 0 Å². The molecule has 0 heterocycles. The van der Waals surface area contributed by atoms with Gasteiger partial charge >= 0.3 is 0 Å². The number of nitrogens with one attached hydrogen (secondary N) is 1. The molecule has 0 aliphatic heterocycles. The second-order valence-corrected chi connectivity index (χ2v) is 5.57. The van der Waals surface area contributed by atoms with Crippen LogP contribution in [0.4, 0.5) is 0 Å². The largest absolute Gasteiger partial charge is 0.496 e. The lowest BCUT2D eigenvalue weighted by atomic mass is 9.95.